The molecule has 0 saturated carbocycles. The lowest BCUT2D eigenvalue weighted by Crippen LogP contribution is -2.55. The van der Waals surface area contributed by atoms with Crippen LogP contribution in [0, 0.1) is 0 Å². The van der Waals surface area contributed by atoms with Crippen molar-refractivity contribution in [3.8, 4) is 17.4 Å². The topological polar surface area (TPSA) is 97.6 Å². The van der Waals surface area contributed by atoms with Crippen LogP contribution in [0.2, 0.25) is 5.15 Å². The Hall–Kier alpha value is -3.37. The Morgan fingerprint density at radius 3 is 2.82 bits per heavy atom. The highest BCUT2D eigenvalue weighted by Gasteiger charge is 2.31. The van der Waals surface area contributed by atoms with E-state index in [9.17, 15) is 4.79 Å². The molecule has 2 aromatic heterocycles. The maximum Gasteiger partial charge on any atom is 0.238 e. The molecule has 1 fully saturated rings. The van der Waals surface area contributed by atoms with E-state index in [0.29, 0.717) is 42.3 Å². The Morgan fingerprint density at radius 1 is 1.18 bits per heavy atom. The first-order valence-corrected chi connectivity index (χ1v) is 13.6. The van der Waals surface area contributed by atoms with Gasteiger partial charge in [0.25, 0.3) is 0 Å². The van der Waals surface area contributed by atoms with Crippen molar-refractivity contribution in [2.75, 3.05) is 44.3 Å². The third-order valence-electron chi connectivity index (χ3n) is 6.96. The molecule has 38 heavy (non-hydrogen) atoms. The van der Waals surface area contributed by atoms with E-state index in [1.54, 1.807) is 29.4 Å². The van der Waals surface area contributed by atoms with Crippen LogP contribution < -0.4 is 19.7 Å². The molecule has 10 nitrogen and oxygen atoms in total. The van der Waals surface area contributed by atoms with Crippen LogP contribution in [0.25, 0.3) is 5.95 Å². The van der Waals surface area contributed by atoms with Crippen LogP contribution in [0.4, 0.5) is 5.82 Å². The molecule has 2 unspecified atom stereocenters. The number of carbonyl (C=O) groups is 1. The molecule has 0 spiro atoms. The molecule has 1 aromatic carbocycles. The number of anilines is 1. The van der Waals surface area contributed by atoms with E-state index >= 15 is 0 Å². The molecule has 0 radical (unpaired) electrons. The van der Waals surface area contributed by atoms with E-state index in [0.717, 1.165) is 50.3 Å². The van der Waals surface area contributed by atoms with E-state index < -0.39 is 0 Å². The number of halogens is 1. The summed E-state index contributed by atoms with van der Waals surface area (Å²) < 4.78 is 13.1. The average molecular weight is 540 g/mol. The van der Waals surface area contributed by atoms with Crippen LogP contribution >= 0.6 is 11.6 Å². The Kier molecular flexibility index (Phi) is 8.29. The lowest BCUT2D eigenvalue weighted by molar-refractivity contribution is -0.122. The maximum absolute atomic E-state index is 13.3. The second kappa shape index (κ2) is 12.0. The summed E-state index contributed by atoms with van der Waals surface area (Å²) in [5, 5.41) is 3.52. The number of unbranched alkanes of at least 4 members (excludes halogenated alkanes) is 1. The van der Waals surface area contributed by atoms with Gasteiger partial charge in [0.2, 0.25) is 11.9 Å². The number of benzene rings is 1. The minimum Gasteiger partial charge on any atom is -0.486 e. The number of nitrogens with zero attached hydrogens (tertiary/aromatic N) is 6. The van der Waals surface area contributed by atoms with Crippen molar-refractivity contribution in [1.29, 1.82) is 0 Å². The zero-order valence-electron chi connectivity index (χ0n) is 21.8. The summed E-state index contributed by atoms with van der Waals surface area (Å²) in [4.78, 5) is 31.2. The average Bonchev–Trinajstić information content (AvgIpc) is 3.46. The van der Waals surface area contributed by atoms with Crippen molar-refractivity contribution in [2.24, 2.45) is 0 Å². The Morgan fingerprint density at radius 2 is 2.03 bits per heavy atom. The molecule has 1 amide bonds. The van der Waals surface area contributed by atoms with Gasteiger partial charge in [-0.3, -0.25) is 14.3 Å². The van der Waals surface area contributed by atoms with E-state index in [1.807, 2.05) is 25.1 Å². The van der Waals surface area contributed by atoms with Gasteiger partial charge in [-0.1, -0.05) is 31.0 Å². The monoisotopic (exact) mass is 539 g/mol. The molecule has 0 aliphatic carbocycles. The fourth-order valence-electron chi connectivity index (χ4n) is 4.94. The fourth-order valence-corrected chi connectivity index (χ4v) is 5.12. The third-order valence-corrected chi connectivity index (χ3v) is 7.15. The summed E-state index contributed by atoms with van der Waals surface area (Å²) in [6.07, 6.45) is 7.69. The third kappa shape index (κ3) is 6.19. The van der Waals surface area contributed by atoms with Crippen LogP contribution in [-0.2, 0) is 4.79 Å². The molecule has 2 aliphatic rings. The summed E-state index contributed by atoms with van der Waals surface area (Å²) in [5.41, 5.74) is 0.972. The molecule has 1 N–H and O–H groups in total. The van der Waals surface area contributed by atoms with E-state index in [1.165, 1.54) is 0 Å². The number of ether oxygens (including phenoxy) is 2. The van der Waals surface area contributed by atoms with Crippen LogP contribution in [0.1, 0.15) is 44.7 Å². The van der Waals surface area contributed by atoms with Gasteiger partial charge in [0.15, 0.2) is 11.5 Å². The summed E-state index contributed by atoms with van der Waals surface area (Å²) >= 11 is 6.40. The van der Waals surface area contributed by atoms with Gasteiger partial charge < -0.3 is 19.7 Å². The summed E-state index contributed by atoms with van der Waals surface area (Å²) in [5.74, 6) is 2.60. The number of piperazine rings is 1. The Balaban J connectivity index is 1.32. The zero-order chi connectivity index (χ0) is 26.5. The number of aromatic nitrogens is 4. The summed E-state index contributed by atoms with van der Waals surface area (Å²) in [6.45, 7) is 8.68. The molecule has 202 valence electrons. The smallest absolute Gasteiger partial charge is 0.238 e. The van der Waals surface area contributed by atoms with Gasteiger partial charge in [-0.2, -0.15) is 4.98 Å². The number of nitrogens with one attached hydrogen (secondary N) is 1. The first-order valence-electron chi connectivity index (χ1n) is 13.2. The number of imidazole rings is 1. The SMILES string of the molecule is CCCCN1CCN(c2cc(Cl)nc(-n3ccnc3)n2)C(CC(=O)NC(C)c2ccc3c(c2)OCCO3)C1. The van der Waals surface area contributed by atoms with Crippen LogP contribution in [0.5, 0.6) is 11.5 Å². The van der Waals surface area contributed by atoms with Gasteiger partial charge in [0, 0.05) is 44.5 Å². The van der Waals surface area contributed by atoms with Gasteiger partial charge in [-0.15, -0.1) is 0 Å². The first kappa shape index (κ1) is 26.2. The highest BCUT2D eigenvalue weighted by atomic mass is 35.5. The second-order valence-electron chi connectivity index (χ2n) is 9.72. The van der Waals surface area contributed by atoms with Crippen LogP contribution in [-0.4, -0.2) is 75.8 Å². The highest BCUT2D eigenvalue weighted by molar-refractivity contribution is 6.29. The molecule has 2 aliphatic heterocycles. The molecule has 4 heterocycles. The van der Waals surface area contributed by atoms with Crippen molar-refractivity contribution < 1.29 is 14.3 Å². The zero-order valence-corrected chi connectivity index (χ0v) is 22.6. The predicted octanol–water partition coefficient (Wildman–Crippen LogP) is 3.65. The number of rotatable bonds is 9. The molecule has 1 saturated heterocycles. The first-order chi connectivity index (χ1) is 18.5. The van der Waals surface area contributed by atoms with E-state index in [2.05, 4.69) is 32.0 Å². The number of amides is 1. The van der Waals surface area contributed by atoms with E-state index in [4.69, 9.17) is 26.1 Å². The van der Waals surface area contributed by atoms with Crippen molar-refractivity contribution in [2.45, 2.75) is 45.2 Å². The lowest BCUT2D eigenvalue weighted by atomic mass is 10.0. The normalized spacial score (nSPS) is 18.3. The number of hydrogen-bond acceptors (Lipinski definition) is 8. The van der Waals surface area contributed by atoms with E-state index in [-0.39, 0.29) is 18.0 Å². The molecule has 0 bridgehead atoms. The standard InChI is InChI=1S/C27H34ClN7O3/c1-3-4-8-33-10-11-35(25-16-24(28)31-27(32-25)34-9-7-29-18-34)21(17-33)15-26(36)30-19(2)20-5-6-22-23(14-20)38-13-12-37-22/h5-7,9,14,16,18-19,21H,3-4,8,10-13,15,17H2,1-2H3,(H,30,36). The number of fused-ring (bicyclic) bond motifs is 1. The molecule has 2 atom stereocenters. The minimum atomic E-state index is -0.173. The predicted molar refractivity (Wildman–Crippen MR) is 145 cm³/mol. The van der Waals surface area contributed by atoms with Gasteiger partial charge in [-0.25, -0.2) is 9.97 Å². The fraction of sp³-hybridized carbons (Fsp3) is 0.481. The van der Waals surface area contributed by atoms with Gasteiger partial charge >= 0.3 is 0 Å². The maximum atomic E-state index is 13.3. The Labute approximate surface area is 227 Å². The molecule has 11 heteroatoms. The van der Waals surface area contributed by atoms with Crippen molar-refractivity contribution in [3.63, 3.8) is 0 Å². The highest BCUT2D eigenvalue weighted by Crippen LogP contribution is 2.32. The van der Waals surface area contributed by atoms with Crippen molar-refractivity contribution in [3.05, 3.63) is 53.7 Å². The number of carbonyl (C=O) groups excluding carboxylic acids is 1. The van der Waals surface area contributed by atoms with Crippen molar-refractivity contribution in [1.82, 2.24) is 29.7 Å². The summed E-state index contributed by atoms with van der Waals surface area (Å²) in [6, 6.07) is 7.35. The van der Waals surface area contributed by atoms with Gasteiger partial charge in [-0.05, 0) is 37.6 Å². The van der Waals surface area contributed by atoms with Crippen molar-refractivity contribution >= 4 is 23.3 Å². The Bertz CT molecular complexity index is 1240. The number of hydrogen-bond donors (Lipinski definition) is 1. The molecule has 5 rings (SSSR count). The largest absolute Gasteiger partial charge is 0.486 e. The van der Waals surface area contributed by atoms with Gasteiger partial charge in [0.05, 0.1) is 12.1 Å². The quantitative estimate of drug-likeness (QED) is 0.412. The summed E-state index contributed by atoms with van der Waals surface area (Å²) in [7, 11) is 0. The molecule has 3 aromatic rings. The second-order valence-corrected chi connectivity index (χ2v) is 10.1. The molecular formula is C27H34ClN7O3. The lowest BCUT2D eigenvalue weighted by Gasteiger charge is -2.42. The van der Waals surface area contributed by atoms with Crippen LogP contribution in [0.15, 0.2) is 43.0 Å². The van der Waals surface area contributed by atoms with Crippen LogP contribution in [0.3, 0.4) is 0 Å². The molecular weight excluding hydrogens is 506 g/mol. The minimum absolute atomic E-state index is 0.0188. The van der Waals surface area contributed by atoms with Gasteiger partial charge in [0.1, 0.15) is 30.5 Å².